The summed E-state index contributed by atoms with van der Waals surface area (Å²) in [6, 6.07) is 1.89. The molecule has 0 saturated heterocycles. The van der Waals surface area contributed by atoms with Gasteiger partial charge in [0, 0.05) is 25.4 Å². The lowest BCUT2D eigenvalue weighted by molar-refractivity contribution is 0.0573. The van der Waals surface area contributed by atoms with Crippen LogP contribution in [0.1, 0.15) is 31.5 Å². The van der Waals surface area contributed by atoms with Crippen LogP contribution in [-0.2, 0) is 11.2 Å². The van der Waals surface area contributed by atoms with Gasteiger partial charge in [0.2, 0.25) is 0 Å². The molecule has 0 radical (unpaired) electrons. The highest BCUT2D eigenvalue weighted by Crippen LogP contribution is 2.21. The van der Waals surface area contributed by atoms with Gasteiger partial charge in [-0.25, -0.2) is 9.97 Å². The lowest BCUT2D eigenvalue weighted by atomic mass is 10.1. The normalized spacial score (nSPS) is 13.1. The average Bonchev–Trinajstić information content (AvgIpc) is 2.19. The fourth-order valence-corrected chi connectivity index (χ4v) is 1.51. The lowest BCUT2D eigenvalue weighted by Gasteiger charge is -2.17. The fourth-order valence-electron chi connectivity index (χ4n) is 1.51. The van der Waals surface area contributed by atoms with E-state index in [1.54, 1.807) is 13.3 Å². The first kappa shape index (κ1) is 12.1. The minimum atomic E-state index is -0.0391. The van der Waals surface area contributed by atoms with Crippen molar-refractivity contribution in [2.24, 2.45) is 11.7 Å². The number of nitrogens with zero attached hydrogens (tertiary/aromatic N) is 2. The first-order valence-corrected chi connectivity index (χ1v) is 5.23. The first-order chi connectivity index (χ1) is 7.19. The van der Waals surface area contributed by atoms with Gasteiger partial charge in [0.15, 0.2) is 5.82 Å². The molecule has 4 heteroatoms. The zero-order valence-electron chi connectivity index (χ0n) is 9.60. The van der Waals surface area contributed by atoms with Gasteiger partial charge in [0.05, 0.1) is 0 Å². The van der Waals surface area contributed by atoms with Gasteiger partial charge < -0.3 is 10.5 Å². The molecule has 1 atom stereocenters. The molecule has 2 N–H and O–H groups in total. The summed E-state index contributed by atoms with van der Waals surface area (Å²) < 4.78 is 5.37. The van der Waals surface area contributed by atoms with Gasteiger partial charge in [-0.1, -0.05) is 13.8 Å². The zero-order valence-corrected chi connectivity index (χ0v) is 9.60. The molecule has 1 aromatic heterocycles. The maximum absolute atomic E-state index is 5.49. The highest BCUT2D eigenvalue weighted by molar-refractivity contribution is 5.05. The van der Waals surface area contributed by atoms with Crippen molar-refractivity contribution in [1.29, 1.82) is 0 Å². The highest BCUT2D eigenvalue weighted by Gasteiger charge is 2.17. The molecule has 1 heterocycles. The number of nitrogens with two attached hydrogens (primary N) is 1. The summed E-state index contributed by atoms with van der Waals surface area (Å²) in [4.78, 5) is 8.68. The van der Waals surface area contributed by atoms with Crippen LogP contribution >= 0.6 is 0 Å². The summed E-state index contributed by atoms with van der Waals surface area (Å²) in [5.74, 6) is 1.11. The second kappa shape index (κ2) is 5.78. The number of aromatic nitrogens is 2. The minimum absolute atomic E-state index is 0.0391. The van der Waals surface area contributed by atoms with Crippen molar-refractivity contribution in [3.63, 3.8) is 0 Å². The van der Waals surface area contributed by atoms with Crippen molar-refractivity contribution in [3.05, 3.63) is 23.8 Å². The van der Waals surface area contributed by atoms with E-state index in [0.717, 1.165) is 17.9 Å². The SMILES string of the molecule is COC(c1nccc(CCN)n1)C(C)C. The summed E-state index contributed by atoms with van der Waals surface area (Å²) in [5.41, 5.74) is 6.46. The quantitative estimate of drug-likeness (QED) is 0.794. The monoisotopic (exact) mass is 209 g/mol. The second-order valence-corrected chi connectivity index (χ2v) is 3.85. The maximum Gasteiger partial charge on any atom is 0.157 e. The smallest absolute Gasteiger partial charge is 0.157 e. The van der Waals surface area contributed by atoms with Crippen LogP contribution in [0.5, 0.6) is 0 Å². The Morgan fingerprint density at radius 2 is 2.20 bits per heavy atom. The molecule has 0 aliphatic heterocycles. The van der Waals surface area contributed by atoms with E-state index in [4.69, 9.17) is 10.5 Å². The minimum Gasteiger partial charge on any atom is -0.373 e. The van der Waals surface area contributed by atoms with E-state index >= 15 is 0 Å². The van der Waals surface area contributed by atoms with Crippen molar-refractivity contribution in [2.45, 2.75) is 26.4 Å². The summed E-state index contributed by atoms with van der Waals surface area (Å²) in [7, 11) is 1.68. The molecule has 15 heavy (non-hydrogen) atoms. The molecule has 0 fully saturated rings. The van der Waals surface area contributed by atoms with Crippen LogP contribution in [0.25, 0.3) is 0 Å². The van der Waals surface area contributed by atoms with Gasteiger partial charge in [-0.2, -0.15) is 0 Å². The lowest BCUT2D eigenvalue weighted by Crippen LogP contribution is -2.14. The van der Waals surface area contributed by atoms with Gasteiger partial charge >= 0.3 is 0 Å². The third kappa shape index (κ3) is 3.25. The second-order valence-electron chi connectivity index (χ2n) is 3.85. The third-order valence-corrected chi connectivity index (χ3v) is 2.25. The van der Waals surface area contributed by atoms with Crippen LogP contribution in [-0.4, -0.2) is 23.6 Å². The largest absolute Gasteiger partial charge is 0.373 e. The molecule has 0 amide bonds. The Morgan fingerprint density at radius 3 is 2.73 bits per heavy atom. The van der Waals surface area contributed by atoms with Gasteiger partial charge in [-0.3, -0.25) is 0 Å². The van der Waals surface area contributed by atoms with Crippen molar-refractivity contribution in [1.82, 2.24) is 9.97 Å². The standard InChI is InChI=1S/C11H19N3O/c1-8(2)10(15-3)11-13-7-5-9(14-11)4-6-12/h5,7-8,10H,4,6,12H2,1-3H3. The first-order valence-electron chi connectivity index (χ1n) is 5.23. The van der Waals surface area contributed by atoms with Crippen LogP contribution in [0, 0.1) is 5.92 Å². The summed E-state index contributed by atoms with van der Waals surface area (Å²) in [5, 5.41) is 0. The predicted octanol–water partition coefficient (Wildman–Crippen LogP) is 1.32. The van der Waals surface area contributed by atoms with Crippen molar-refractivity contribution < 1.29 is 4.74 Å². The number of rotatable bonds is 5. The molecule has 1 rings (SSSR count). The Morgan fingerprint density at radius 1 is 1.47 bits per heavy atom. The van der Waals surface area contributed by atoms with E-state index in [9.17, 15) is 0 Å². The predicted molar refractivity (Wildman–Crippen MR) is 59.4 cm³/mol. The Labute approximate surface area is 90.9 Å². The molecule has 4 nitrogen and oxygen atoms in total. The van der Waals surface area contributed by atoms with Crippen molar-refractivity contribution in [2.75, 3.05) is 13.7 Å². The molecule has 0 spiro atoms. The number of ether oxygens (including phenoxy) is 1. The molecule has 0 aromatic carbocycles. The third-order valence-electron chi connectivity index (χ3n) is 2.25. The Kier molecular flexibility index (Phi) is 4.65. The topological polar surface area (TPSA) is 61.0 Å². The molecule has 0 bridgehead atoms. The molecule has 84 valence electrons. The molecule has 1 aromatic rings. The number of methoxy groups -OCH3 is 1. The van der Waals surface area contributed by atoms with Gasteiger partial charge in [-0.05, 0) is 18.5 Å². The molecular formula is C11H19N3O. The van der Waals surface area contributed by atoms with Crippen molar-refractivity contribution in [3.8, 4) is 0 Å². The van der Waals surface area contributed by atoms with E-state index in [-0.39, 0.29) is 6.10 Å². The van der Waals surface area contributed by atoms with E-state index < -0.39 is 0 Å². The van der Waals surface area contributed by atoms with Crippen LogP contribution < -0.4 is 5.73 Å². The van der Waals surface area contributed by atoms with Gasteiger partial charge in [-0.15, -0.1) is 0 Å². The van der Waals surface area contributed by atoms with Gasteiger partial charge in [0.1, 0.15) is 6.10 Å². The van der Waals surface area contributed by atoms with Crippen LogP contribution in [0.4, 0.5) is 0 Å². The molecular weight excluding hydrogens is 190 g/mol. The Hall–Kier alpha value is -1.00. The molecule has 0 aliphatic carbocycles. The highest BCUT2D eigenvalue weighted by atomic mass is 16.5. The number of hydrogen-bond acceptors (Lipinski definition) is 4. The molecule has 0 aliphatic rings. The zero-order chi connectivity index (χ0) is 11.3. The van der Waals surface area contributed by atoms with E-state index in [2.05, 4.69) is 23.8 Å². The fraction of sp³-hybridized carbons (Fsp3) is 0.636. The van der Waals surface area contributed by atoms with Crippen LogP contribution in [0.15, 0.2) is 12.3 Å². The van der Waals surface area contributed by atoms with E-state index in [1.165, 1.54) is 0 Å². The summed E-state index contributed by atoms with van der Waals surface area (Å²) >= 11 is 0. The summed E-state index contributed by atoms with van der Waals surface area (Å²) in [6.45, 7) is 4.79. The van der Waals surface area contributed by atoms with Crippen molar-refractivity contribution >= 4 is 0 Å². The summed E-state index contributed by atoms with van der Waals surface area (Å²) in [6.07, 6.45) is 2.51. The average molecular weight is 209 g/mol. The van der Waals surface area contributed by atoms with Crippen LogP contribution in [0.3, 0.4) is 0 Å². The Balaban J connectivity index is 2.87. The molecule has 1 unspecified atom stereocenters. The Bertz CT molecular complexity index is 302. The number of hydrogen-bond donors (Lipinski definition) is 1. The van der Waals surface area contributed by atoms with Crippen LogP contribution in [0.2, 0.25) is 0 Å². The molecule has 0 saturated carbocycles. The van der Waals surface area contributed by atoms with E-state index in [1.807, 2.05) is 6.07 Å². The van der Waals surface area contributed by atoms with Gasteiger partial charge in [0.25, 0.3) is 0 Å². The maximum atomic E-state index is 5.49. The van der Waals surface area contributed by atoms with E-state index in [0.29, 0.717) is 12.5 Å².